The average Bonchev–Trinajstić information content (AvgIpc) is 2.53. The van der Waals surface area contributed by atoms with E-state index in [-0.39, 0.29) is 11.1 Å². The second-order valence-electron chi connectivity index (χ2n) is 5.88. The monoisotopic (exact) mass is 304 g/mol. The minimum Gasteiger partial charge on any atom is -0.371 e. The molecule has 7 heteroatoms. The van der Waals surface area contributed by atoms with Crippen LogP contribution in [-0.2, 0) is 21.1 Å². The molecule has 1 aliphatic heterocycles. The van der Waals surface area contributed by atoms with Gasteiger partial charge in [-0.25, -0.2) is 4.79 Å². The lowest BCUT2D eigenvalue weighted by Gasteiger charge is -2.30. The summed E-state index contributed by atoms with van der Waals surface area (Å²) in [4.78, 5) is 39.1. The number of pyridine rings is 1. The Balaban J connectivity index is 2.48. The predicted octanol–water partition coefficient (Wildman–Crippen LogP) is -0.0738. The van der Waals surface area contributed by atoms with E-state index in [0.29, 0.717) is 16.7 Å². The van der Waals surface area contributed by atoms with Gasteiger partial charge in [0.15, 0.2) is 0 Å². The van der Waals surface area contributed by atoms with Crippen molar-refractivity contribution in [3.63, 3.8) is 0 Å². The largest absolute Gasteiger partial charge is 0.371 e. The van der Waals surface area contributed by atoms with Gasteiger partial charge in [-0.05, 0) is 19.3 Å². The molecule has 1 fully saturated rings. The van der Waals surface area contributed by atoms with Crippen LogP contribution in [0.15, 0.2) is 20.4 Å². The molecule has 2 aromatic heterocycles. The first-order valence-electron chi connectivity index (χ1n) is 7.48. The maximum Gasteiger partial charge on any atom is 0.332 e. The molecule has 0 spiro atoms. The van der Waals surface area contributed by atoms with E-state index < -0.39 is 5.69 Å². The van der Waals surface area contributed by atoms with E-state index in [2.05, 4.69) is 4.90 Å². The Morgan fingerprint density at radius 3 is 2.14 bits per heavy atom. The molecule has 0 N–H and O–H groups in total. The van der Waals surface area contributed by atoms with Crippen LogP contribution in [-0.4, -0.2) is 26.8 Å². The summed E-state index contributed by atoms with van der Waals surface area (Å²) in [5.74, 6) is 0. The summed E-state index contributed by atoms with van der Waals surface area (Å²) in [5.41, 5.74) is 0.0315. The van der Waals surface area contributed by atoms with Crippen molar-refractivity contribution in [3.05, 3.63) is 37.3 Å². The van der Waals surface area contributed by atoms with Gasteiger partial charge in [0, 0.05) is 40.3 Å². The van der Waals surface area contributed by atoms with E-state index >= 15 is 0 Å². The van der Waals surface area contributed by atoms with E-state index in [1.807, 2.05) is 0 Å². The van der Waals surface area contributed by atoms with Crippen LogP contribution in [0.4, 0.5) is 5.69 Å². The number of aryl methyl sites for hydroxylation is 2. The van der Waals surface area contributed by atoms with Crippen molar-refractivity contribution >= 4 is 16.7 Å². The molecule has 3 heterocycles. The Kier molecular flexibility index (Phi) is 3.42. The number of aromatic nitrogens is 3. The lowest BCUT2D eigenvalue weighted by atomic mass is 10.1. The summed E-state index contributed by atoms with van der Waals surface area (Å²) in [6.45, 7) is 1.66. The zero-order valence-corrected chi connectivity index (χ0v) is 13.1. The Morgan fingerprint density at radius 2 is 1.50 bits per heavy atom. The first kappa shape index (κ1) is 14.6. The third-order valence-electron chi connectivity index (χ3n) is 4.50. The molecule has 1 aliphatic rings. The highest BCUT2D eigenvalue weighted by Gasteiger charge is 2.21. The summed E-state index contributed by atoms with van der Waals surface area (Å²) in [5, 5.41) is 0.439. The fraction of sp³-hybridized carbons (Fsp3) is 0.533. The van der Waals surface area contributed by atoms with Gasteiger partial charge in [-0.15, -0.1) is 0 Å². The molecule has 0 radical (unpaired) electrons. The Morgan fingerprint density at radius 1 is 0.864 bits per heavy atom. The highest BCUT2D eigenvalue weighted by molar-refractivity contribution is 5.89. The topological polar surface area (TPSA) is 69.2 Å². The van der Waals surface area contributed by atoms with E-state index in [9.17, 15) is 14.4 Å². The molecule has 0 bridgehead atoms. The van der Waals surface area contributed by atoms with Crippen LogP contribution in [0.25, 0.3) is 11.0 Å². The van der Waals surface area contributed by atoms with E-state index in [1.165, 1.54) is 22.2 Å². The van der Waals surface area contributed by atoms with Gasteiger partial charge in [0.05, 0.1) is 5.69 Å². The van der Waals surface area contributed by atoms with Crippen molar-refractivity contribution in [2.75, 3.05) is 18.0 Å². The Labute approximate surface area is 127 Å². The van der Waals surface area contributed by atoms with Crippen molar-refractivity contribution < 1.29 is 0 Å². The van der Waals surface area contributed by atoms with Crippen molar-refractivity contribution in [3.8, 4) is 0 Å². The summed E-state index contributed by atoms with van der Waals surface area (Å²) in [6.07, 6.45) is 3.25. The summed E-state index contributed by atoms with van der Waals surface area (Å²) in [7, 11) is 4.64. The first-order chi connectivity index (χ1) is 10.4. The van der Waals surface area contributed by atoms with Gasteiger partial charge in [-0.1, -0.05) is 0 Å². The molecule has 2 aromatic rings. The molecule has 0 saturated carbocycles. The number of nitrogens with zero attached hydrogens (tertiary/aromatic N) is 4. The van der Waals surface area contributed by atoms with Crippen molar-refractivity contribution in [2.24, 2.45) is 21.1 Å². The molecular formula is C15H20N4O3. The second kappa shape index (κ2) is 5.15. The molecular weight excluding hydrogens is 284 g/mol. The van der Waals surface area contributed by atoms with Gasteiger partial charge in [-0.3, -0.25) is 23.3 Å². The fourth-order valence-electron chi connectivity index (χ4n) is 3.22. The Bertz CT molecular complexity index is 913. The average molecular weight is 304 g/mol. The summed E-state index contributed by atoms with van der Waals surface area (Å²) >= 11 is 0. The molecule has 0 aliphatic carbocycles. The quantitative estimate of drug-likeness (QED) is 0.739. The van der Waals surface area contributed by atoms with Crippen LogP contribution in [0.2, 0.25) is 0 Å². The molecule has 0 amide bonds. The van der Waals surface area contributed by atoms with Crippen LogP contribution in [0, 0.1) is 0 Å². The van der Waals surface area contributed by atoms with E-state index in [4.69, 9.17) is 0 Å². The maximum atomic E-state index is 12.6. The van der Waals surface area contributed by atoms with Crippen LogP contribution in [0.3, 0.4) is 0 Å². The zero-order valence-electron chi connectivity index (χ0n) is 13.1. The van der Waals surface area contributed by atoms with Gasteiger partial charge in [0.25, 0.3) is 11.1 Å². The van der Waals surface area contributed by atoms with Crippen molar-refractivity contribution in [1.82, 2.24) is 13.7 Å². The minimum absolute atomic E-state index is 0.212. The molecule has 3 rings (SSSR count). The standard InChI is InChI=1S/C15H20N4O3/c1-16-11(20)9-10(19-7-5-4-6-8-19)12-13(16)17(2)15(22)18(3)14(12)21/h9H,4-8H2,1-3H3. The molecule has 1 saturated heterocycles. The normalized spacial score (nSPS) is 15.5. The molecule has 22 heavy (non-hydrogen) atoms. The predicted molar refractivity (Wildman–Crippen MR) is 85.7 cm³/mol. The number of rotatable bonds is 1. The molecule has 0 atom stereocenters. The van der Waals surface area contributed by atoms with Gasteiger partial charge in [-0.2, -0.15) is 0 Å². The zero-order chi connectivity index (χ0) is 16.0. The minimum atomic E-state index is -0.428. The van der Waals surface area contributed by atoms with Gasteiger partial charge in [0.1, 0.15) is 11.0 Å². The highest BCUT2D eigenvalue weighted by atomic mass is 16.2. The molecule has 7 nitrogen and oxygen atoms in total. The van der Waals surface area contributed by atoms with Crippen LogP contribution >= 0.6 is 0 Å². The summed E-state index contributed by atoms with van der Waals surface area (Å²) < 4.78 is 3.83. The van der Waals surface area contributed by atoms with E-state index in [0.717, 1.165) is 36.9 Å². The SMILES string of the molecule is Cn1c(=O)c2c(N3CCCCC3)cc(=O)n(C)c2n(C)c1=O. The molecule has 0 aromatic carbocycles. The van der Waals surface area contributed by atoms with Crippen molar-refractivity contribution in [1.29, 1.82) is 0 Å². The summed E-state index contributed by atoms with van der Waals surface area (Å²) in [6, 6.07) is 1.51. The smallest absolute Gasteiger partial charge is 0.332 e. The number of fused-ring (bicyclic) bond motifs is 1. The van der Waals surface area contributed by atoms with Crippen molar-refractivity contribution in [2.45, 2.75) is 19.3 Å². The van der Waals surface area contributed by atoms with Gasteiger partial charge in [0.2, 0.25) is 0 Å². The first-order valence-corrected chi connectivity index (χ1v) is 7.48. The number of hydrogen-bond donors (Lipinski definition) is 0. The van der Waals surface area contributed by atoms with E-state index in [1.54, 1.807) is 14.1 Å². The third-order valence-corrected chi connectivity index (χ3v) is 4.50. The number of hydrogen-bond acceptors (Lipinski definition) is 4. The van der Waals surface area contributed by atoms with Crippen LogP contribution < -0.4 is 21.7 Å². The number of anilines is 1. The third kappa shape index (κ3) is 2.00. The highest BCUT2D eigenvalue weighted by Crippen LogP contribution is 2.24. The number of piperidine rings is 1. The fourth-order valence-corrected chi connectivity index (χ4v) is 3.22. The lowest BCUT2D eigenvalue weighted by molar-refractivity contribution is 0.577. The second-order valence-corrected chi connectivity index (χ2v) is 5.88. The lowest BCUT2D eigenvalue weighted by Crippen LogP contribution is -2.41. The molecule has 118 valence electrons. The van der Waals surface area contributed by atoms with Crippen LogP contribution in [0.5, 0.6) is 0 Å². The van der Waals surface area contributed by atoms with Crippen LogP contribution in [0.1, 0.15) is 19.3 Å². The van der Waals surface area contributed by atoms with Gasteiger partial charge < -0.3 is 4.90 Å². The van der Waals surface area contributed by atoms with Gasteiger partial charge >= 0.3 is 5.69 Å². The maximum absolute atomic E-state index is 12.6. The Hall–Kier alpha value is -2.31. The molecule has 0 unspecified atom stereocenters.